The van der Waals surface area contributed by atoms with Crippen molar-refractivity contribution in [3.05, 3.63) is 72.6 Å². The number of nitrogens with one attached hydrogen (secondary N) is 2. The fourth-order valence-corrected chi connectivity index (χ4v) is 2.66. The molecular formula is C20H20FN5O2. The van der Waals surface area contributed by atoms with Crippen molar-refractivity contribution in [2.45, 2.75) is 19.9 Å². The first-order chi connectivity index (χ1) is 13.5. The Morgan fingerprint density at radius 1 is 1.07 bits per heavy atom. The number of carbonyl (C=O) groups excluding carboxylic acids is 2. The summed E-state index contributed by atoms with van der Waals surface area (Å²) in [5, 5.41) is 9.43. The minimum Gasteiger partial charge on any atom is -0.340 e. The predicted octanol–water partition coefficient (Wildman–Crippen LogP) is 2.80. The van der Waals surface area contributed by atoms with E-state index in [1.54, 1.807) is 55.2 Å². The number of hydrogen-bond donors (Lipinski definition) is 2. The third-order valence-electron chi connectivity index (χ3n) is 4.17. The molecule has 1 unspecified atom stereocenters. The largest absolute Gasteiger partial charge is 0.340 e. The molecule has 0 bridgehead atoms. The van der Waals surface area contributed by atoms with Crippen molar-refractivity contribution in [1.29, 1.82) is 0 Å². The zero-order valence-corrected chi connectivity index (χ0v) is 15.5. The monoisotopic (exact) mass is 381 g/mol. The molecule has 0 spiro atoms. The van der Waals surface area contributed by atoms with Gasteiger partial charge < -0.3 is 10.6 Å². The van der Waals surface area contributed by atoms with Crippen molar-refractivity contribution in [3.8, 4) is 5.69 Å². The van der Waals surface area contributed by atoms with E-state index in [1.165, 1.54) is 24.5 Å². The maximum Gasteiger partial charge on any atom is 0.254 e. The Morgan fingerprint density at radius 2 is 1.79 bits per heavy atom. The highest BCUT2D eigenvalue weighted by molar-refractivity contribution is 6.01. The van der Waals surface area contributed by atoms with Crippen LogP contribution in [-0.4, -0.2) is 32.6 Å². The van der Waals surface area contributed by atoms with Crippen LogP contribution in [0.3, 0.4) is 0 Å². The molecular weight excluding hydrogens is 361 g/mol. The van der Waals surface area contributed by atoms with Crippen molar-refractivity contribution in [1.82, 2.24) is 20.1 Å². The van der Waals surface area contributed by atoms with Crippen molar-refractivity contribution in [2.24, 2.45) is 5.92 Å². The molecule has 0 radical (unpaired) electrons. The van der Waals surface area contributed by atoms with Crippen molar-refractivity contribution >= 4 is 17.5 Å². The number of benzene rings is 2. The van der Waals surface area contributed by atoms with Gasteiger partial charge in [0.05, 0.1) is 11.3 Å². The van der Waals surface area contributed by atoms with Crippen LogP contribution in [-0.2, 0) is 4.79 Å². The van der Waals surface area contributed by atoms with E-state index in [2.05, 4.69) is 20.7 Å². The van der Waals surface area contributed by atoms with Crippen LogP contribution in [0.1, 0.15) is 24.2 Å². The lowest BCUT2D eigenvalue weighted by Gasteiger charge is -2.22. The van der Waals surface area contributed by atoms with E-state index in [1.807, 2.05) is 0 Å². The zero-order valence-electron chi connectivity index (χ0n) is 15.5. The predicted molar refractivity (Wildman–Crippen MR) is 102 cm³/mol. The number of halogens is 1. The van der Waals surface area contributed by atoms with Crippen LogP contribution < -0.4 is 10.6 Å². The molecule has 144 valence electrons. The molecule has 2 N–H and O–H groups in total. The van der Waals surface area contributed by atoms with Gasteiger partial charge in [-0.25, -0.2) is 14.1 Å². The minimum atomic E-state index is -0.818. The second kappa shape index (κ2) is 8.43. The highest BCUT2D eigenvalue weighted by atomic mass is 19.1. The fraction of sp³-hybridized carbons (Fsp3) is 0.200. The van der Waals surface area contributed by atoms with Crippen LogP contribution in [0.5, 0.6) is 0 Å². The van der Waals surface area contributed by atoms with Crippen LogP contribution in [0, 0.1) is 11.7 Å². The molecule has 0 aliphatic heterocycles. The van der Waals surface area contributed by atoms with Gasteiger partial charge >= 0.3 is 0 Å². The molecule has 1 aromatic heterocycles. The topological polar surface area (TPSA) is 88.9 Å². The molecule has 1 atom stereocenters. The van der Waals surface area contributed by atoms with Crippen molar-refractivity contribution in [3.63, 3.8) is 0 Å². The summed E-state index contributed by atoms with van der Waals surface area (Å²) in [6, 6.07) is 11.9. The molecule has 0 aliphatic carbocycles. The molecule has 0 fully saturated rings. The van der Waals surface area contributed by atoms with E-state index >= 15 is 0 Å². The fourth-order valence-electron chi connectivity index (χ4n) is 2.66. The van der Waals surface area contributed by atoms with E-state index < -0.39 is 17.8 Å². The average Bonchev–Trinajstić information content (AvgIpc) is 3.21. The lowest BCUT2D eigenvalue weighted by atomic mass is 10.0. The molecule has 3 aromatic rings. The van der Waals surface area contributed by atoms with Crippen LogP contribution in [0.25, 0.3) is 5.69 Å². The van der Waals surface area contributed by atoms with Gasteiger partial charge in [0.25, 0.3) is 5.91 Å². The number of carbonyl (C=O) groups is 2. The standard InChI is InChI=1S/C20H20FN5O2/c1-13(2)18(25-19(27)16-5-3-4-6-17(16)21)20(28)24-14-7-9-15(10-8-14)26-12-22-11-23-26/h3-13,18H,1-2H3,(H,24,28)(H,25,27). The van der Waals surface area contributed by atoms with Gasteiger partial charge in [0.1, 0.15) is 24.5 Å². The summed E-state index contributed by atoms with van der Waals surface area (Å²) >= 11 is 0. The minimum absolute atomic E-state index is 0.0989. The molecule has 2 amide bonds. The van der Waals surface area contributed by atoms with E-state index in [9.17, 15) is 14.0 Å². The zero-order chi connectivity index (χ0) is 20.1. The number of nitrogens with zero attached hydrogens (tertiary/aromatic N) is 3. The number of aromatic nitrogens is 3. The summed E-state index contributed by atoms with van der Waals surface area (Å²) in [6.07, 6.45) is 3.00. The van der Waals surface area contributed by atoms with E-state index in [4.69, 9.17) is 0 Å². The van der Waals surface area contributed by atoms with Gasteiger partial charge in [0.15, 0.2) is 0 Å². The van der Waals surface area contributed by atoms with Gasteiger partial charge in [-0.3, -0.25) is 9.59 Å². The highest BCUT2D eigenvalue weighted by Gasteiger charge is 2.25. The van der Waals surface area contributed by atoms with Gasteiger partial charge in [-0.1, -0.05) is 26.0 Å². The molecule has 3 rings (SSSR count). The lowest BCUT2D eigenvalue weighted by Crippen LogP contribution is -2.47. The van der Waals surface area contributed by atoms with Crippen LogP contribution in [0.15, 0.2) is 61.2 Å². The van der Waals surface area contributed by atoms with Gasteiger partial charge in [-0.15, -0.1) is 0 Å². The Balaban J connectivity index is 1.69. The van der Waals surface area contributed by atoms with E-state index in [0.29, 0.717) is 5.69 Å². The number of rotatable bonds is 6. The van der Waals surface area contributed by atoms with Crippen LogP contribution in [0.2, 0.25) is 0 Å². The van der Waals surface area contributed by atoms with Crippen LogP contribution >= 0.6 is 0 Å². The Kier molecular flexibility index (Phi) is 5.78. The molecule has 0 saturated heterocycles. The van der Waals surface area contributed by atoms with Gasteiger partial charge in [0, 0.05) is 5.69 Å². The van der Waals surface area contributed by atoms with Gasteiger partial charge in [-0.2, -0.15) is 5.10 Å². The van der Waals surface area contributed by atoms with Crippen molar-refractivity contribution in [2.75, 3.05) is 5.32 Å². The lowest BCUT2D eigenvalue weighted by molar-refractivity contribution is -0.118. The van der Waals surface area contributed by atoms with Crippen molar-refractivity contribution < 1.29 is 14.0 Å². The Bertz CT molecular complexity index is 955. The summed E-state index contributed by atoms with van der Waals surface area (Å²) in [5.41, 5.74) is 1.27. The summed E-state index contributed by atoms with van der Waals surface area (Å²) in [6.45, 7) is 3.61. The van der Waals surface area contributed by atoms with E-state index in [0.717, 1.165) is 5.69 Å². The Hall–Kier alpha value is -3.55. The molecule has 8 heteroatoms. The van der Waals surface area contributed by atoms with Gasteiger partial charge in [-0.05, 0) is 42.3 Å². The Labute approximate surface area is 161 Å². The Morgan fingerprint density at radius 3 is 2.39 bits per heavy atom. The van der Waals surface area contributed by atoms with Crippen LogP contribution in [0.4, 0.5) is 10.1 Å². The third kappa shape index (κ3) is 4.40. The molecule has 0 aliphatic rings. The molecule has 28 heavy (non-hydrogen) atoms. The first kappa shape index (κ1) is 19.2. The molecule has 2 aromatic carbocycles. The summed E-state index contributed by atoms with van der Waals surface area (Å²) in [5.74, 6) is -1.83. The third-order valence-corrected chi connectivity index (χ3v) is 4.17. The summed E-state index contributed by atoms with van der Waals surface area (Å²) in [4.78, 5) is 28.9. The number of anilines is 1. The summed E-state index contributed by atoms with van der Waals surface area (Å²) in [7, 11) is 0. The second-order valence-electron chi connectivity index (χ2n) is 6.55. The smallest absolute Gasteiger partial charge is 0.254 e. The van der Waals surface area contributed by atoms with E-state index in [-0.39, 0.29) is 17.4 Å². The average molecular weight is 381 g/mol. The summed E-state index contributed by atoms with van der Waals surface area (Å²) < 4.78 is 15.4. The molecule has 1 heterocycles. The SMILES string of the molecule is CC(C)C(NC(=O)c1ccccc1F)C(=O)Nc1ccc(-n2cncn2)cc1. The highest BCUT2D eigenvalue weighted by Crippen LogP contribution is 2.14. The first-order valence-corrected chi connectivity index (χ1v) is 8.77. The number of hydrogen-bond acceptors (Lipinski definition) is 4. The molecule has 7 nitrogen and oxygen atoms in total. The maximum absolute atomic E-state index is 13.8. The quantitative estimate of drug-likeness (QED) is 0.687. The second-order valence-corrected chi connectivity index (χ2v) is 6.55. The first-order valence-electron chi connectivity index (χ1n) is 8.77. The normalized spacial score (nSPS) is 11.9. The number of amides is 2. The van der Waals surface area contributed by atoms with Gasteiger partial charge in [0.2, 0.25) is 5.91 Å². The molecule has 0 saturated carbocycles. The maximum atomic E-state index is 13.8.